The fraction of sp³-hybridized carbons (Fsp3) is 0.294. The molecule has 0 aliphatic heterocycles. The van der Waals surface area contributed by atoms with E-state index in [1.165, 1.54) is 0 Å². The highest BCUT2D eigenvalue weighted by Crippen LogP contribution is 2.37. The maximum Gasteiger partial charge on any atom is 0.163 e. The molecule has 4 nitrogen and oxygen atoms in total. The van der Waals surface area contributed by atoms with Crippen LogP contribution < -0.4 is 15.4 Å². The molecule has 112 valence electrons. The second kappa shape index (κ2) is 6.99. The Hall–Kier alpha value is -2.20. The smallest absolute Gasteiger partial charge is 0.163 e. The highest BCUT2D eigenvalue weighted by atomic mass is 16.5. The van der Waals surface area contributed by atoms with E-state index in [-0.39, 0.29) is 11.8 Å². The number of phenolic OH excluding ortho intramolecular Hbond substituents is 1. The van der Waals surface area contributed by atoms with E-state index >= 15 is 0 Å². The van der Waals surface area contributed by atoms with Gasteiger partial charge in [0, 0.05) is 24.3 Å². The van der Waals surface area contributed by atoms with Gasteiger partial charge in [-0.3, -0.25) is 0 Å². The number of hydrogen-bond donors (Lipinski definition) is 2. The van der Waals surface area contributed by atoms with Crippen molar-refractivity contribution in [3.05, 3.63) is 54.1 Å². The molecule has 0 aliphatic rings. The molecule has 3 N–H and O–H groups in total. The quantitative estimate of drug-likeness (QED) is 0.857. The molecule has 0 saturated carbocycles. The van der Waals surface area contributed by atoms with E-state index in [0.29, 0.717) is 12.3 Å². The van der Waals surface area contributed by atoms with Crippen LogP contribution in [0.4, 0.5) is 5.69 Å². The minimum Gasteiger partial charge on any atom is -0.504 e. The molecule has 2 aromatic rings. The van der Waals surface area contributed by atoms with Crippen molar-refractivity contribution >= 4 is 5.69 Å². The van der Waals surface area contributed by atoms with Crippen molar-refractivity contribution in [1.29, 1.82) is 0 Å². The predicted octanol–water partition coefficient (Wildman–Crippen LogP) is 2.93. The normalized spacial score (nSPS) is 12.0. The molecule has 0 aromatic heterocycles. The molecular formula is C17H22N2O2. The summed E-state index contributed by atoms with van der Waals surface area (Å²) in [5.74, 6) is 0.625. The van der Waals surface area contributed by atoms with Crippen LogP contribution in [-0.4, -0.2) is 25.3 Å². The number of nitrogens with two attached hydrogens (primary N) is 1. The predicted molar refractivity (Wildman–Crippen MR) is 85.9 cm³/mol. The Morgan fingerprint density at radius 1 is 1.14 bits per heavy atom. The van der Waals surface area contributed by atoms with Gasteiger partial charge in [-0.1, -0.05) is 30.3 Å². The number of rotatable bonds is 6. The van der Waals surface area contributed by atoms with Crippen LogP contribution in [-0.2, 0) is 0 Å². The summed E-state index contributed by atoms with van der Waals surface area (Å²) in [6, 6.07) is 15.5. The van der Waals surface area contributed by atoms with Gasteiger partial charge in [-0.25, -0.2) is 0 Å². The van der Waals surface area contributed by atoms with Gasteiger partial charge in [0.15, 0.2) is 11.5 Å². The third kappa shape index (κ3) is 3.11. The van der Waals surface area contributed by atoms with Crippen molar-refractivity contribution < 1.29 is 9.84 Å². The lowest BCUT2D eigenvalue weighted by atomic mass is 10.0. The molecule has 0 radical (unpaired) electrons. The number of likely N-dealkylation sites (N-methyl/N-ethyl adjacent to an activating group) is 1. The summed E-state index contributed by atoms with van der Waals surface area (Å²) in [5, 5.41) is 10.4. The number of hydrogen-bond acceptors (Lipinski definition) is 4. The largest absolute Gasteiger partial charge is 0.504 e. The summed E-state index contributed by atoms with van der Waals surface area (Å²) < 4.78 is 5.19. The second-order valence-electron chi connectivity index (χ2n) is 4.77. The van der Waals surface area contributed by atoms with Crippen LogP contribution in [0.25, 0.3) is 0 Å². The molecule has 1 atom stereocenters. The fourth-order valence-electron chi connectivity index (χ4n) is 2.60. The summed E-state index contributed by atoms with van der Waals surface area (Å²) in [6.45, 7) is 3.28. The van der Waals surface area contributed by atoms with Gasteiger partial charge in [0.05, 0.1) is 13.2 Å². The Morgan fingerprint density at radius 2 is 1.86 bits per heavy atom. The van der Waals surface area contributed by atoms with E-state index in [1.807, 2.05) is 42.5 Å². The minimum atomic E-state index is -0.104. The first-order chi connectivity index (χ1) is 10.2. The molecule has 0 fully saturated rings. The molecule has 0 aliphatic carbocycles. The zero-order chi connectivity index (χ0) is 15.2. The van der Waals surface area contributed by atoms with Crippen LogP contribution in [0.3, 0.4) is 0 Å². The van der Waals surface area contributed by atoms with E-state index in [1.54, 1.807) is 13.2 Å². The van der Waals surface area contributed by atoms with Gasteiger partial charge in [0.2, 0.25) is 0 Å². The molecule has 21 heavy (non-hydrogen) atoms. The maximum absolute atomic E-state index is 10.4. The van der Waals surface area contributed by atoms with Gasteiger partial charge in [-0.2, -0.15) is 0 Å². The number of aromatic hydroxyl groups is 1. The van der Waals surface area contributed by atoms with Crippen molar-refractivity contribution in [2.45, 2.75) is 13.0 Å². The van der Waals surface area contributed by atoms with Crippen molar-refractivity contribution in [2.75, 3.05) is 25.1 Å². The van der Waals surface area contributed by atoms with Crippen LogP contribution >= 0.6 is 0 Å². The number of ether oxygens (including phenoxy) is 1. The molecule has 0 spiro atoms. The lowest BCUT2D eigenvalue weighted by Gasteiger charge is -2.33. The highest BCUT2D eigenvalue weighted by molar-refractivity contribution is 5.53. The van der Waals surface area contributed by atoms with E-state index in [2.05, 4.69) is 11.8 Å². The van der Waals surface area contributed by atoms with Crippen molar-refractivity contribution in [2.24, 2.45) is 5.73 Å². The van der Waals surface area contributed by atoms with E-state index < -0.39 is 0 Å². The monoisotopic (exact) mass is 286 g/mol. The van der Waals surface area contributed by atoms with Gasteiger partial charge < -0.3 is 20.5 Å². The number of para-hydroxylation sites is 2. The summed E-state index contributed by atoms with van der Waals surface area (Å²) in [6.07, 6.45) is 0. The fourth-order valence-corrected chi connectivity index (χ4v) is 2.60. The first-order valence-electron chi connectivity index (χ1n) is 7.10. The summed E-state index contributed by atoms with van der Waals surface area (Å²) >= 11 is 0. The molecule has 2 rings (SSSR count). The first-order valence-corrected chi connectivity index (χ1v) is 7.10. The van der Waals surface area contributed by atoms with Crippen LogP contribution in [0, 0.1) is 0 Å². The van der Waals surface area contributed by atoms with Gasteiger partial charge in [0.1, 0.15) is 0 Å². The first kappa shape index (κ1) is 15.2. The van der Waals surface area contributed by atoms with Gasteiger partial charge in [-0.05, 0) is 25.1 Å². The number of phenols is 1. The Bertz CT molecular complexity index is 572. The third-order valence-electron chi connectivity index (χ3n) is 3.64. The van der Waals surface area contributed by atoms with E-state index in [9.17, 15) is 5.11 Å². The molecule has 0 bridgehead atoms. The van der Waals surface area contributed by atoms with Crippen LogP contribution in [0.5, 0.6) is 11.5 Å². The minimum absolute atomic E-state index is 0.104. The number of nitrogens with zero attached hydrogens (tertiary/aromatic N) is 1. The van der Waals surface area contributed by atoms with Gasteiger partial charge in [0.25, 0.3) is 0 Å². The lowest BCUT2D eigenvalue weighted by Crippen LogP contribution is -2.33. The van der Waals surface area contributed by atoms with Crippen molar-refractivity contribution in [3.63, 3.8) is 0 Å². The number of benzene rings is 2. The average molecular weight is 286 g/mol. The molecule has 1 unspecified atom stereocenters. The molecule has 0 saturated heterocycles. The standard InChI is InChI=1S/C17H22N2O2/c1-3-19(13-8-5-4-6-9-13)15(12-18)14-10-7-11-16(21-2)17(14)20/h4-11,15,20H,3,12,18H2,1-2H3. The Morgan fingerprint density at radius 3 is 2.43 bits per heavy atom. The van der Waals surface area contributed by atoms with Crippen LogP contribution in [0.15, 0.2) is 48.5 Å². The van der Waals surface area contributed by atoms with Gasteiger partial charge >= 0.3 is 0 Å². The van der Waals surface area contributed by atoms with Crippen molar-refractivity contribution in [3.8, 4) is 11.5 Å². The zero-order valence-corrected chi connectivity index (χ0v) is 12.5. The lowest BCUT2D eigenvalue weighted by molar-refractivity contribution is 0.368. The second-order valence-corrected chi connectivity index (χ2v) is 4.77. The molecule has 2 aromatic carbocycles. The van der Waals surface area contributed by atoms with E-state index in [0.717, 1.165) is 17.8 Å². The van der Waals surface area contributed by atoms with Crippen LogP contribution in [0.1, 0.15) is 18.5 Å². The summed E-state index contributed by atoms with van der Waals surface area (Å²) in [4.78, 5) is 2.18. The summed E-state index contributed by atoms with van der Waals surface area (Å²) in [5.41, 5.74) is 7.85. The Kier molecular flexibility index (Phi) is 5.06. The number of anilines is 1. The summed E-state index contributed by atoms with van der Waals surface area (Å²) in [7, 11) is 1.55. The van der Waals surface area contributed by atoms with Gasteiger partial charge in [-0.15, -0.1) is 0 Å². The SMILES string of the molecule is CCN(c1ccccc1)C(CN)c1cccc(OC)c1O. The molecule has 4 heteroatoms. The van der Waals surface area contributed by atoms with E-state index in [4.69, 9.17) is 10.5 Å². The maximum atomic E-state index is 10.4. The molecular weight excluding hydrogens is 264 g/mol. The molecule has 0 amide bonds. The highest BCUT2D eigenvalue weighted by Gasteiger charge is 2.22. The molecule has 0 heterocycles. The zero-order valence-electron chi connectivity index (χ0n) is 12.5. The Balaban J connectivity index is 2.43. The van der Waals surface area contributed by atoms with Crippen molar-refractivity contribution in [1.82, 2.24) is 0 Å². The topological polar surface area (TPSA) is 58.7 Å². The Labute approximate surface area is 125 Å². The third-order valence-corrected chi connectivity index (χ3v) is 3.64. The number of methoxy groups -OCH3 is 1. The average Bonchev–Trinajstić information content (AvgIpc) is 2.54. The van der Waals surface area contributed by atoms with Crippen LogP contribution in [0.2, 0.25) is 0 Å².